The highest BCUT2D eigenvalue weighted by Crippen LogP contribution is 2.06. The van der Waals surface area contributed by atoms with Gasteiger partial charge < -0.3 is 25.8 Å². The first-order chi connectivity index (χ1) is 8.44. The highest BCUT2D eigenvalue weighted by Gasteiger charge is 2.25. The van der Waals surface area contributed by atoms with Crippen LogP contribution < -0.4 is 11.5 Å². The Morgan fingerprint density at radius 3 is 2.28 bits per heavy atom. The summed E-state index contributed by atoms with van der Waals surface area (Å²) < 4.78 is 10.1. The van der Waals surface area contributed by atoms with Crippen molar-refractivity contribution in [3.63, 3.8) is 0 Å². The van der Waals surface area contributed by atoms with Crippen molar-refractivity contribution >= 4 is 5.91 Å². The Morgan fingerprint density at radius 1 is 1.17 bits per heavy atom. The molecule has 0 saturated heterocycles. The highest BCUT2D eigenvalue weighted by atomic mass is 16.5. The van der Waals surface area contributed by atoms with Crippen LogP contribution in [0.15, 0.2) is 0 Å². The van der Waals surface area contributed by atoms with Crippen LogP contribution in [0.3, 0.4) is 0 Å². The molecule has 108 valence electrons. The maximum Gasteiger partial charge on any atom is 0.237 e. The molecule has 6 nitrogen and oxygen atoms in total. The molecule has 4 N–H and O–H groups in total. The quantitative estimate of drug-likeness (QED) is 0.492. The normalized spacial score (nSPS) is 14.7. The van der Waals surface area contributed by atoms with Gasteiger partial charge in [0.1, 0.15) is 0 Å². The zero-order valence-corrected chi connectivity index (χ0v) is 11.8. The summed E-state index contributed by atoms with van der Waals surface area (Å²) in [5.74, 6) is -0.467. The van der Waals surface area contributed by atoms with E-state index in [-0.39, 0.29) is 0 Å². The van der Waals surface area contributed by atoms with E-state index in [4.69, 9.17) is 20.9 Å². The van der Waals surface area contributed by atoms with Gasteiger partial charge in [-0.2, -0.15) is 0 Å². The molecule has 0 aromatic rings. The standard InChI is InChI=1S/C12H27N3O3/c1-12(14,11(13)16)5-7-15(8-10-18-3)6-4-9-17-2/h4-10,14H2,1-3H3,(H2,13,16). The molecular formula is C12H27N3O3. The van der Waals surface area contributed by atoms with Gasteiger partial charge in [0.25, 0.3) is 0 Å². The number of hydrogen-bond acceptors (Lipinski definition) is 5. The van der Waals surface area contributed by atoms with Crippen molar-refractivity contribution in [1.29, 1.82) is 0 Å². The van der Waals surface area contributed by atoms with Gasteiger partial charge in [-0.25, -0.2) is 0 Å². The number of methoxy groups -OCH3 is 2. The van der Waals surface area contributed by atoms with Crippen LogP contribution in [0.5, 0.6) is 0 Å². The van der Waals surface area contributed by atoms with Gasteiger partial charge in [-0.1, -0.05) is 0 Å². The second-order valence-corrected chi connectivity index (χ2v) is 4.71. The first-order valence-electron chi connectivity index (χ1n) is 6.23. The van der Waals surface area contributed by atoms with Gasteiger partial charge in [0, 0.05) is 40.5 Å². The number of nitrogens with two attached hydrogens (primary N) is 2. The van der Waals surface area contributed by atoms with E-state index in [2.05, 4.69) is 4.90 Å². The van der Waals surface area contributed by atoms with Crippen molar-refractivity contribution in [3.05, 3.63) is 0 Å². The molecule has 0 fully saturated rings. The molecule has 1 amide bonds. The Bertz CT molecular complexity index is 235. The average Bonchev–Trinajstić information content (AvgIpc) is 2.32. The topological polar surface area (TPSA) is 90.8 Å². The number of amides is 1. The van der Waals surface area contributed by atoms with Crippen LogP contribution in [0.4, 0.5) is 0 Å². The van der Waals surface area contributed by atoms with E-state index in [0.717, 1.165) is 32.7 Å². The van der Waals surface area contributed by atoms with E-state index < -0.39 is 11.4 Å². The van der Waals surface area contributed by atoms with Crippen molar-refractivity contribution < 1.29 is 14.3 Å². The molecule has 0 rings (SSSR count). The second kappa shape index (κ2) is 9.27. The number of rotatable bonds is 11. The first-order valence-corrected chi connectivity index (χ1v) is 6.23. The smallest absolute Gasteiger partial charge is 0.237 e. The van der Waals surface area contributed by atoms with Crippen molar-refractivity contribution in [3.8, 4) is 0 Å². The predicted octanol–water partition coefficient (Wildman–Crippen LogP) is -0.436. The average molecular weight is 261 g/mol. The SMILES string of the molecule is COCCCN(CCOC)CCC(C)(N)C(N)=O. The lowest BCUT2D eigenvalue weighted by molar-refractivity contribution is -0.122. The van der Waals surface area contributed by atoms with Gasteiger partial charge in [-0.05, 0) is 19.8 Å². The monoisotopic (exact) mass is 261 g/mol. The molecule has 0 heterocycles. The van der Waals surface area contributed by atoms with Gasteiger partial charge in [0.05, 0.1) is 12.1 Å². The van der Waals surface area contributed by atoms with Gasteiger partial charge in [-0.3, -0.25) is 4.79 Å². The van der Waals surface area contributed by atoms with E-state index in [1.807, 2.05) is 0 Å². The van der Waals surface area contributed by atoms with Gasteiger partial charge in [0.15, 0.2) is 0 Å². The highest BCUT2D eigenvalue weighted by molar-refractivity contribution is 5.83. The molecule has 0 saturated carbocycles. The molecule has 18 heavy (non-hydrogen) atoms. The molecule has 0 aliphatic carbocycles. The fourth-order valence-electron chi connectivity index (χ4n) is 1.50. The van der Waals surface area contributed by atoms with Crippen molar-refractivity contribution in [2.45, 2.75) is 25.3 Å². The summed E-state index contributed by atoms with van der Waals surface area (Å²) in [6.45, 7) is 5.48. The van der Waals surface area contributed by atoms with E-state index in [0.29, 0.717) is 13.0 Å². The number of primary amides is 1. The summed E-state index contributed by atoms with van der Waals surface area (Å²) in [5.41, 5.74) is 10.1. The Labute approximate surface area is 110 Å². The summed E-state index contributed by atoms with van der Waals surface area (Å²) in [7, 11) is 3.35. The van der Waals surface area contributed by atoms with Gasteiger partial charge in [0.2, 0.25) is 5.91 Å². The molecule has 6 heteroatoms. The van der Waals surface area contributed by atoms with Crippen LogP contribution in [0.2, 0.25) is 0 Å². The molecule has 0 aliphatic heterocycles. The number of hydrogen-bond donors (Lipinski definition) is 2. The van der Waals surface area contributed by atoms with E-state index in [1.165, 1.54) is 0 Å². The van der Waals surface area contributed by atoms with Crippen molar-refractivity contribution in [2.24, 2.45) is 11.5 Å². The van der Waals surface area contributed by atoms with Crippen LogP contribution in [-0.4, -0.2) is 63.4 Å². The molecule has 1 unspecified atom stereocenters. The lowest BCUT2D eigenvalue weighted by Gasteiger charge is -2.27. The molecule has 0 spiro atoms. The third-order valence-electron chi connectivity index (χ3n) is 2.94. The second-order valence-electron chi connectivity index (χ2n) is 4.71. The van der Waals surface area contributed by atoms with Crippen LogP contribution in [0.25, 0.3) is 0 Å². The summed E-state index contributed by atoms with van der Waals surface area (Å²) in [5, 5.41) is 0. The van der Waals surface area contributed by atoms with Gasteiger partial charge >= 0.3 is 0 Å². The largest absolute Gasteiger partial charge is 0.385 e. The minimum atomic E-state index is -0.952. The zero-order chi connectivity index (χ0) is 14.0. The fourth-order valence-corrected chi connectivity index (χ4v) is 1.50. The third kappa shape index (κ3) is 7.60. The van der Waals surface area contributed by atoms with E-state index >= 15 is 0 Å². The van der Waals surface area contributed by atoms with Crippen LogP contribution in [-0.2, 0) is 14.3 Å². The van der Waals surface area contributed by atoms with Gasteiger partial charge in [-0.15, -0.1) is 0 Å². The van der Waals surface area contributed by atoms with E-state index in [1.54, 1.807) is 21.1 Å². The maximum absolute atomic E-state index is 11.1. The third-order valence-corrected chi connectivity index (χ3v) is 2.94. The number of carbonyl (C=O) groups is 1. The Balaban J connectivity index is 4.09. The van der Waals surface area contributed by atoms with Crippen LogP contribution in [0.1, 0.15) is 19.8 Å². The molecule has 0 radical (unpaired) electrons. The lowest BCUT2D eigenvalue weighted by Crippen LogP contribution is -2.51. The number of nitrogens with zero attached hydrogens (tertiary/aromatic N) is 1. The summed E-state index contributed by atoms with van der Waals surface area (Å²) in [4.78, 5) is 13.3. The lowest BCUT2D eigenvalue weighted by atomic mass is 9.98. The Morgan fingerprint density at radius 2 is 1.78 bits per heavy atom. The number of ether oxygens (including phenoxy) is 2. The minimum absolute atomic E-state index is 0.467. The maximum atomic E-state index is 11.1. The first kappa shape index (κ1) is 17.3. The van der Waals surface area contributed by atoms with E-state index in [9.17, 15) is 4.79 Å². The van der Waals surface area contributed by atoms with Crippen LogP contribution in [0, 0.1) is 0 Å². The predicted molar refractivity (Wildman–Crippen MR) is 71.2 cm³/mol. The van der Waals surface area contributed by atoms with Crippen molar-refractivity contribution in [1.82, 2.24) is 4.90 Å². The molecular weight excluding hydrogens is 234 g/mol. The molecule has 0 aromatic carbocycles. The molecule has 0 aromatic heterocycles. The minimum Gasteiger partial charge on any atom is -0.385 e. The fraction of sp³-hybridized carbons (Fsp3) is 0.917. The molecule has 0 bridgehead atoms. The Kier molecular flexibility index (Phi) is 8.91. The van der Waals surface area contributed by atoms with Crippen LogP contribution >= 0.6 is 0 Å². The van der Waals surface area contributed by atoms with Crippen molar-refractivity contribution in [2.75, 3.05) is 47.1 Å². The summed E-state index contributed by atoms with van der Waals surface area (Å²) in [6.07, 6.45) is 1.48. The zero-order valence-electron chi connectivity index (χ0n) is 11.8. The Hall–Kier alpha value is -0.690. The summed E-state index contributed by atoms with van der Waals surface area (Å²) >= 11 is 0. The number of carbonyl (C=O) groups excluding carboxylic acids is 1. The molecule has 0 aliphatic rings. The molecule has 1 atom stereocenters. The summed E-state index contributed by atoms with van der Waals surface area (Å²) in [6, 6.07) is 0.